The molecule has 110 valence electrons. The number of aromatic nitrogens is 1. The van der Waals surface area contributed by atoms with Crippen molar-refractivity contribution in [1.82, 2.24) is 15.6 Å². The lowest BCUT2D eigenvalue weighted by atomic mass is 9.89. The average Bonchev–Trinajstić information content (AvgIpc) is 2.82. The Bertz CT molecular complexity index is 499. The Labute approximate surface area is 120 Å². The molecule has 2 amide bonds. The molecule has 0 spiro atoms. The van der Waals surface area contributed by atoms with E-state index in [0.717, 1.165) is 12.8 Å². The molecule has 1 atom stereocenters. The predicted molar refractivity (Wildman–Crippen MR) is 73.0 cm³/mol. The summed E-state index contributed by atoms with van der Waals surface area (Å²) in [5.41, 5.74) is 0.000914. The molecule has 0 aliphatic heterocycles. The summed E-state index contributed by atoms with van der Waals surface area (Å²) in [6.07, 6.45) is 1.87. The van der Waals surface area contributed by atoms with Gasteiger partial charge in [-0.3, -0.25) is 0 Å². The van der Waals surface area contributed by atoms with Gasteiger partial charge in [0, 0.05) is 18.5 Å². The molecule has 0 bridgehead atoms. The van der Waals surface area contributed by atoms with Gasteiger partial charge in [-0.25, -0.2) is 14.6 Å². The van der Waals surface area contributed by atoms with Crippen molar-refractivity contribution in [3.8, 4) is 0 Å². The monoisotopic (exact) mass is 299 g/mol. The second-order valence-electron chi connectivity index (χ2n) is 4.74. The minimum absolute atomic E-state index is 0.000914. The highest BCUT2D eigenvalue weighted by Crippen LogP contribution is 2.22. The van der Waals surface area contributed by atoms with Crippen LogP contribution in [-0.2, 0) is 4.74 Å². The second-order valence-corrected chi connectivity index (χ2v) is 5.63. The third-order valence-corrected chi connectivity index (χ3v) is 4.25. The number of urea groups is 1. The molecule has 7 nitrogen and oxygen atoms in total. The van der Waals surface area contributed by atoms with Gasteiger partial charge in [-0.15, -0.1) is 11.3 Å². The summed E-state index contributed by atoms with van der Waals surface area (Å²) in [6.45, 7) is 1.77. The van der Waals surface area contributed by atoms with Crippen LogP contribution in [0.15, 0.2) is 5.38 Å². The summed E-state index contributed by atoms with van der Waals surface area (Å²) in [7, 11) is 1.66. The molecule has 1 saturated carbocycles. The highest BCUT2D eigenvalue weighted by molar-refractivity contribution is 7.09. The summed E-state index contributed by atoms with van der Waals surface area (Å²) in [4.78, 5) is 26.5. The summed E-state index contributed by atoms with van der Waals surface area (Å²) < 4.78 is 5.14. The smallest absolute Gasteiger partial charge is 0.355 e. The number of carboxylic acid groups (broad SMARTS) is 1. The van der Waals surface area contributed by atoms with Gasteiger partial charge in [0.2, 0.25) is 0 Å². The number of amides is 2. The van der Waals surface area contributed by atoms with E-state index in [-0.39, 0.29) is 29.9 Å². The first-order chi connectivity index (χ1) is 9.49. The number of nitrogens with zero attached hydrogens (tertiary/aromatic N) is 1. The molecule has 1 aromatic heterocycles. The molecule has 1 fully saturated rings. The second kappa shape index (κ2) is 6.19. The van der Waals surface area contributed by atoms with Crippen LogP contribution < -0.4 is 10.6 Å². The maximum absolute atomic E-state index is 11.8. The largest absolute Gasteiger partial charge is 0.476 e. The minimum Gasteiger partial charge on any atom is -0.476 e. The van der Waals surface area contributed by atoms with E-state index in [1.807, 2.05) is 0 Å². The lowest BCUT2D eigenvalue weighted by Gasteiger charge is -2.34. The normalized spacial score (nSPS) is 22.7. The molecule has 0 radical (unpaired) electrons. The Morgan fingerprint density at radius 2 is 2.25 bits per heavy atom. The minimum atomic E-state index is -1.07. The van der Waals surface area contributed by atoms with Crippen molar-refractivity contribution in [1.29, 1.82) is 0 Å². The first-order valence-electron chi connectivity index (χ1n) is 6.28. The van der Waals surface area contributed by atoms with E-state index >= 15 is 0 Å². The molecular weight excluding hydrogens is 282 g/mol. The van der Waals surface area contributed by atoms with Crippen LogP contribution in [0.2, 0.25) is 0 Å². The number of thiazole rings is 1. The molecule has 1 aliphatic carbocycles. The molecule has 1 aromatic rings. The number of ether oxygens (including phenoxy) is 1. The van der Waals surface area contributed by atoms with E-state index in [1.165, 1.54) is 16.7 Å². The Kier molecular flexibility index (Phi) is 4.56. The SMILES string of the molecule is COC1CC(NC(=O)NC(C)c2nc(C(=O)O)cs2)C1. The summed E-state index contributed by atoms with van der Waals surface area (Å²) in [5.74, 6) is -1.07. The van der Waals surface area contributed by atoms with Gasteiger partial charge < -0.3 is 20.5 Å². The molecule has 0 saturated heterocycles. The lowest BCUT2D eigenvalue weighted by molar-refractivity contribution is 0.0205. The molecule has 0 aromatic carbocycles. The van der Waals surface area contributed by atoms with Crippen molar-refractivity contribution in [3.63, 3.8) is 0 Å². The molecule has 8 heteroatoms. The van der Waals surface area contributed by atoms with Gasteiger partial charge in [0.15, 0.2) is 5.69 Å². The van der Waals surface area contributed by atoms with E-state index in [0.29, 0.717) is 5.01 Å². The van der Waals surface area contributed by atoms with Crippen molar-refractivity contribution >= 4 is 23.3 Å². The van der Waals surface area contributed by atoms with Crippen molar-refractivity contribution in [2.45, 2.75) is 38.0 Å². The molecule has 1 unspecified atom stereocenters. The first kappa shape index (κ1) is 14.7. The number of aromatic carboxylic acids is 1. The van der Waals surface area contributed by atoms with Crippen LogP contribution in [-0.4, -0.2) is 41.3 Å². The number of rotatable bonds is 5. The number of carbonyl (C=O) groups is 2. The molecule has 2 rings (SSSR count). The van der Waals surface area contributed by atoms with E-state index in [4.69, 9.17) is 9.84 Å². The Balaban J connectivity index is 1.80. The third-order valence-electron chi connectivity index (χ3n) is 3.22. The van der Waals surface area contributed by atoms with Crippen LogP contribution >= 0.6 is 11.3 Å². The van der Waals surface area contributed by atoms with Crippen LogP contribution in [0.1, 0.15) is 41.3 Å². The fraction of sp³-hybridized carbons (Fsp3) is 0.583. The van der Waals surface area contributed by atoms with Crippen molar-refractivity contribution < 1.29 is 19.4 Å². The highest BCUT2D eigenvalue weighted by atomic mass is 32.1. The Hall–Kier alpha value is -1.67. The van der Waals surface area contributed by atoms with Gasteiger partial charge in [-0.2, -0.15) is 0 Å². The van der Waals surface area contributed by atoms with Gasteiger partial charge in [0.25, 0.3) is 0 Å². The molecule has 1 heterocycles. The van der Waals surface area contributed by atoms with Gasteiger partial charge >= 0.3 is 12.0 Å². The van der Waals surface area contributed by atoms with E-state index in [1.54, 1.807) is 14.0 Å². The van der Waals surface area contributed by atoms with Crippen LogP contribution in [0.3, 0.4) is 0 Å². The molecule has 3 N–H and O–H groups in total. The Morgan fingerprint density at radius 3 is 2.80 bits per heavy atom. The zero-order valence-corrected chi connectivity index (χ0v) is 12.1. The van der Waals surface area contributed by atoms with Crippen molar-refractivity contribution in [2.24, 2.45) is 0 Å². The number of carbonyl (C=O) groups excluding carboxylic acids is 1. The molecule has 20 heavy (non-hydrogen) atoms. The van der Waals surface area contributed by atoms with Crippen molar-refractivity contribution in [2.75, 3.05) is 7.11 Å². The maximum atomic E-state index is 11.8. The van der Waals surface area contributed by atoms with Crippen LogP contribution in [0.4, 0.5) is 4.79 Å². The van der Waals surface area contributed by atoms with E-state index in [2.05, 4.69) is 15.6 Å². The summed E-state index contributed by atoms with van der Waals surface area (Å²) >= 11 is 1.22. The first-order valence-corrected chi connectivity index (χ1v) is 7.16. The zero-order valence-electron chi connectivity index (χ0n) is 11.3. The summed E-state index contributed by atoms with van der Waals surface area (Å²) in [5, 5.41) is 16.4. The number of methoxy groups -OCH3 is 1. The quantitative estimate of drug-likeness (QED) is 0.762. The van der Waals surface area contributed by atoms with E-state index < -0.39 is 5.97 Å². The predicted octanol–water partition coefficient (Wildman–Crippen LogP) is 1.38. The fourth-order valence-corrected chi connectivity index (χ4v) is 2.75. The lowest BCUT2D eigenvalue weighted by Crippen LogP contribution is -2.51. The van der Waals surface area contributed by atoms with Crippen molar-refractivity contribution in [3.05, 3.63) is 16.1 Å². The van der Waals surface area contributed by atoms with Crippen LogP contribution in [0.5, 0.6) is 0 Å². The van der Waals surface area contributed by atoms with Gasteiger partial charge in [0.1, 0.15) is 5.01 Å². The average molecular weight is 299 g/mol. The zero-order chi connectivity index (χ0) is 14.7. The fourth-order valence-electron chi connectivity index (χ4n) is 1.95. The Morgan fingerprint density at radius 1 is 1.55 bits per heavy atom. The summed E-state index contributed by atoms with van der Waals surface area (Å²) in [6, 6.07) is -0.464. The number of nitrogens with one attached hydrogen (secondary N) is 2. The van der Waals surface area contributed by atoms with Gasteiger partial charge in [0.05, 0.1) is 12.1 Å². The highest BCUT2D eigenvalue weighted by Gasteiger charge is 2.30. The number of hydrogen-bond donors (Lipinski definition) is 3. The third kappa shape index (κ3) is 3.45. The van der Waals surface area contributed by atoms with Gasteiger partial charge in [-0.1, -0.05) is 0 Å². The van der Waals surface area contributed by atoms with Crippen LogP contribution in [0, 0.1) is 0 Å². The van der Waals surface area contributed by atoms with Gasteiger partial charge in [-0.05, 0) is 19.8 Å². The standard InChI is InChI=1S/C12H17N3O4S/c1-6(10-15-9(5-20-10)11(16)17)13-12(18)14-7-3-8(4-7)19-2/h5-8H,3-4H2,1-2H3,(H,16,17)(H2,13,14,18). The number of hydrogen-bond acceptors (Lipinski definition) is 5. The topological polar surface area (TPSA) is 101 Å². The molecular formula is C12H17N3O4S. The number of carboxylic acids is 1. The van der Waals surface area contributed by atoms with Crippen LogP contribution in [0.25, 0.3) is 0 Å². The molecule has 1 aliphatic rings. The maximum Gasteiger partial charge on any atom is 0.355 e. The van der Waals surface area contributed by atoms with E-state index in [9.17, 15) is 9.59 Å².